The van der Waals surface area contributed by atoms with Crippen molar-refractivity contribution in [2.45, 2.75) is 26.3 Å². The van der Waals surface area contributed by atoms with Crippen molar-refractivity contribution in [3.63, 3.8) is 0 Å². The van der Waals surface area contributed by atoms with Crippen molar-refractivity contribution in [2.24, 2.45) is 0 Å². The lowest BCUT2D eigenvalue weighted by atomic mass is 10.0. The first kappa shape index (κ1) is 10.9. The predicted molar refractivity (Wildman–Crippen MR) is 50.9 cm³/mol. The van der Waals surface area contributed by atoms with Gasteiger partial charge >= 0.3 is 0 Å². The molecule has 0 aromatic heterocycles. The molecular weight excluding hydrogens is 136 g/mol. The Bertz CT molecular complexity index is 108. The predicted octanol–water partition coefficient (Wildman–Crippen LogP) is 1.28. The van der Waals surface area contributed by atoms with Gasteiger partial charge in [0.2, 0.25) is 0 Å². The van der Waals surface area contributed by atoms with Crippen LogP contribution in [0.1, 0.15) is 20.8 Å². The quantitative estimate of drug-likeness (QED) is 0.608. The Morgan fingerprint density at radius 2 is 1.55 bits per heavy atom. The average molecular weight is 158 g/mol. The van der Waals surface area contributed by atoms with E-state index in [1.165, 1.54) is 0 Å². The van der Waals surface area contributed by atoms with E-state index in [9.17, 15) is 0 Å². The maximum Gasteiger partial charge on any atom is 0.0273 e. The van der Waals surface area contributed by atoms with Gasteiger partial charge in [-0.15, -0.1) is 0 Å². The van der Waals surface area contributed by atoms with Gasteiger partial charge in [0.15, 0.2) is 0 Å². The lowest BCUT2D eigenvalue weighted by molar-refractivity contribution is 0.137. The summed E-state index contributed by atoms with van der Waals surface area (Å²) in [6.07, 6.45) is 0. The highest BCUT2D eigenvalue weighted by Gasteiger charge is 2.21. The molecule has 0 spiro atoms. The number of hydrogen-bond acceptors (Lipinski definition) is 2. The average Bonchev–Trinajstić information content (AvgIpc) is 1.86. The summed E-state index contributed by atoms with van der Waals surface area (Å²) in [6.45, 7) is 8.96. The number of hydrogen-bond donors (Lipinski definition) is 0. The molecule has 0 N–H and O–H groups in total. The Morgan fingerprint density at radius 1 is 1.09 bits per heavy atom. The van der Waals surface area contributed by atoms with Gasteiger partial charge in [-0.25, -0.2) is 0 Å². The summed E-state index contributed by atoms with van der Waals surface area (Å²) in [6, 6.07) is 0. The maximum atomic E-state index is 2.33. The Kier molecular flexibility index (Phi) is 4.04. The van der Waals surface area contributed by atoms with Crippen LogP contribution in [0.2, 0.25) is 0 Å². The normalized spacial score (nSPS) is 13.1. The van der Waals surface area contributed by atoms with E-state index in [2.05, 4.69) is 51.7 Å². The van der Waals surface area contributed by atoms with Gasteiger partial charge < -0.3 is 9.80 Å². The minimum atomic E-state index is 0.282. The van der Waals surface area contributed by atoms with Crippen molar-refractivity contribution in [3.8, 4) is 0 Å². The maximum absolute atomic E-state index is 2.33. The molecule has 0 amide bonds. The highest BCUT2D eigenvalue weighted by atomic mass is 15.2. The minimum absolute atomic E-state index is 0.282. The van der Waals surface area contributed by atoms with E-state index in [1.54, 1.807) is 0 Å². The van der Waals surface area contributed by atoms with Gasteiger partial charge in [0.1, 0.15) is 0 Å². The monoisotopic (exact) mass is 158 g/mol. The Morgan fingerprint density at radius 3 is 1.82 bits per heavy atom. The largest absolute Gasteiger partial charge is 0.305 e. The van der Waals surface area contributed by atoms with E-state index in [0.717, 1.165) is 13.1 Å². The Hall–Kier alpha value is -0.0800. The fourth-order valence-corrected chi connectivity index (χ4v) is 0.914. The molecule has 0 aliphatic rings. The summed E-state index contributed by atoms with van der Waals surface area (Å²) in [7, 11) is 6.41. The van der Waals surface area contributed by atoms with Crippen LogP contribution in [0.5, 0.6) is 0 Å². The number of likely N-dealkylation sites (N-methyl/N-ethyl adjacent to an activating group) is 2. The number of rotatable bonds is 4. The van der Waals surface area contributed by atoms with Gasteiger partial charge in [-0.2, -0.15) is 0 Å². The second-order valence-corrected chi connectivity index (χ2v) is 4.04. The van der Waals surface area contributed by atoms with Gasteiger partial charge in [0.05, 0.1) is 0 Å². The summed E-state index contributed by atoms with van der Waals surface area (Å²) >= 11 is 0. The molecule has 2 nitrogen and oxygen atoms in total. The zero-order valence-corrected chi connectivity index (χ0v) is 8.81. The minimum Gasteiger partial charge on any atom is -0.305 e. The Balaban J connectivity index is 3.90. The van der Waals surface area contributed by atoms with Gasteiger partial charge in [0.25, 0.3) is 0 Å². The molecule has 0 saturated carbocycles. The number of nitrogens with zero attached hydrogens (tertiary/aromatic N) is 2. The van der Waals surface area contributed by atoms with Crippen molar-refractivity contribution in [2.75, 3.05) is 34.2 Å². The molecule has 0 heterocycles. The van der Waals surface area contributed by atoms with Gasteiger partial charge in [-0.3, -0.25) is 0 Å². The van der Waals surface area contributed by atoms with E-state index < -0.39 is 0 Å². The van der Waals surface area contributed by atoms with E-state index >= 15 is 0 Å². The van der Waals surface area contributed by atoms with Gasteiger partial charge in [0, 0.05) is 12.1 Å². The highest BCUT2D eigenvalue weighted by Crippen LogP contribution is 2.10. The smallest absolute Gasteiger partial charge is 0.0273 e. The standard InChI is InChI=1S/C9H22N2/c1-7-11(6)8-9(2,3)10(4)5/h7-8H2,1-6H3. The first-order valence-electron chi connectivity index (χ1n) is 4.26. The molecule has 0 aromatic rings. The van der Waals surface area contributed by atoms with E-state index in [1.807, 2.05) is 0 Å². The van der Waals surface area contributed by atoms with Gasteiger partial charge in [-0.05, 0) is 41.5 Å². The van der Waals surface area contributed by atoms with Crippen LogP contribution in [0.4, 0.5) is 0 Å². The summed E-state index contributed by atoms with van der Waals surface area (Å²) in [4.78, 5) is 4.60. The summed E-state index contributed by atoms with van der Waals surface area (Å²) in [5.41, 5.74) is 0.282. The van der Waals surface area contributed by atoms with Crippen LogP contribution in [0.25, 0.3) is 0 Å². The SMILES string of the molecule is CCN(C)CC(C)(C)N(C)C. The first-order chi connectivity index (χ1) is 4.90. The van der Waals surface area contributed by atoms with E-state index in [4.69, 9.17) is 0 Å². The van der Waals surface area contributed by atoms with Crippen LogP contribution in [0.15, 0.2) is 0 Å². The van der Waals surface area contributed by atoms with Crippen LogP contribution >= 0.6 is 0 Å². The van der Waals surface area contributed by atoms with Gasteiger partial charge in [-0.1, -0.05) is 6.92 Å². The third-order valence-corrected chi connectivity index (χ3v) is 2.41. The fraction of sp³-hybridized carbons (Fsp3) is 1.00. The molecule has 0 unspecified atom stereocenters. The zero-order valence-electron chi connectivity index (χ0n) is 8.81. The van der Waals surface area contributed by atoms with Crippen LogP contribution < -0.4 is 0 Å². The summed E-state index contributed by atoms with van der Waals surface area (Å²) in [5, 5.41) is 0. The zero-order chi connectivity index (χ0) is 9.07. The second kappa shape index (κ2) is 4.07. The molecular formula is C9H22N2. The molecule has 0 aromatic carbocycles. The Labute approximate surface area is 71.2 Å². The van der Waals surface area contributed by atoms with Crippen molar-refractivity contribution in [1.29, 1.82) is 0 Å². The van der Waals surface area contributed by atoms with E-state index in [0.29, 0.717) is 0 Å². The third-order valence-electron chi connectivity index (χ3n) is 2.41. The van der Waals surface area contributed by atoms with Crippen molar-refractivity contribution >= 4 is 0 Å². The van der Waals surface area contributed by atoms with Crippen LogP contribution in [-0.2, 0) is 0 Å². The summed E-state index contributed by atoms with van der Waals surface area (Å²) < 4.78 is 0. The molecule has 0 bridgehead atoms. The third kappa shape index (κ3) is 3.73. The lowest BCUT2D eigenvalue weighted by Gasteiger charge is -2.35. The fourth-order valence-electron chi connectivity index (χ4n) is 0.914. The molecule has 0 rings (SSSR count). The first-order valence-corrected chi connectivity index (χ1v) is 4.26. The van der Waals surface area contributed by atoms with Crippen molar-refractivity contribution < 1.29 is 0 Å². The van der Waals surface area contributed by atoms with Crippen LogP contribution in [0, 0.1) is 0 Å². The topological polar surface area (TPSA) is 6.48 Å². The lowest BCUT2D eigenvalue weighted by Crippen LogP contribution is -2.47. The summed E-state index contributed by atoms with van der Waals surface area (Å²) in [5.74, 6) is 0. The van der Waals surface area contributed by atoms with Crippen LogP contribution in [0.3, 0.4) is 0 Å². The molecule has 68 valence electrons. The van der Waals surface area contributed by atoms with Crippen LogP contribution in [-0.4, -0.2) is 49.6 Å². The molecule has 0 saturated heterocycles. The molecule has 0 radical (unpaired) electrons. The second-order valence-electron chi connectivity index (χ2n) is 4.04. The highest BCUT2D eigenvalue weighted by molar-refractivity contribution is 4.79. The molecule has 0 fully saturated rings. The van der Waals surface area contributed by atoms with Crippen molar-refractivity contribution in [1.82, 2.24) is 9.80 Å². The van der Waals surface area contributed by atoms with Crippen molar-refractivity contribution in [3.05, 3.63) is 0 Å². The molecule has 11 heavy (non-hydrogen) atoms. The van der Waals surface area contributed by atoms with E-state index in [-0.39, 0.29) is 5.54 Å². The molecule has 2 heteroatoms. The molecule has 0 aliphatic heterocycles. The molecule has 0 aliphatic carbocycles. The molecule has 0 atom stereocenters.